The molecule has 1 N–H and O–H groups in total. The zero-order valence-electron chi connectivity index (χ0n) is 19.1. The molecule has 4 bridgehead atoms. The van der Waals surface area contributed by atoms with E-state index in [-0.39, 0.29) is 16.6 Å². The predicted molar refractivity (Wildman–Crippen MR) is 133 cm³/mol. The van der Waals surface area contributed by atoms with Gasteiger partial charge in [-0.05, 0) is 116 Å². The van der Waals surface area contributed by atoms with E-state index in [0.29, 0.717) is 4.91 Å². The maximum absolute atomic E-state index is 11.9. The third kappa shape index (κ3) is 3.26. The molecule has 1 saturated heterocycles. The van der Waals surface area contributed by atoms with Gasteiger partial charge in [0.1, 0.15) is 11.3 Å². The molecular formula is C28H26N2O3S. The van der Waals surface area contributed by atoms with Gasteiger partial charge in [0.2, 0.25) is 0 Å². The van der Waals surface area contributed by atoms with E-state index in [4.69, 9.17) is 9.40 Å². The SMILES string of the molecule is Cc1cc2cc(-c3ccc(/C=C4/SC(=O)NC4=O)cn3)cc(C34CC5CC(CC(C5)C3)C4)c2o1. The molecule has 3 aromatic rings. The van der Waals surface area contributed by atoms with E-state index < -0.39 is 0 Å². The smallest absolute Gasteiger partial charge is 0.290 e. The topological polar surface area (TPSA) is 72.2 Å². The first-order chi connectivity index (χ1) is 16.4. The molecule has 1 aromatic carbocycles. The fourth-order valence-electron chi connectivity index (χ4n) is 7.50. The molecule has 0 radical (unpaired) electrons. The van der Waals surface area contributed by atoms with Gasteiger partial charge in [0.25, 0.3) is 11.1 Å². The van der Waals surface area contributed by atoms with Crippen molar-refractivity contribution in [3.05, 3.63) is 58.3 Å². The van der Waals surface area contributed by atoms with Gasteiger partial charge in [-0.25, -0.2) is 0 Å². The van der Waals surface area contributed by atoms with Crippen molar-refractivity contribution in [1.82, 2.24) is 10.3 Å². The number of benzene rings is 1. The van der Waals surface area contributed by atoms with E-state index >= 15 is 0 Å². The number of carbonyl (C=O) groups excluding carboxylic acids is 2. The highest BCUT2D eigenvalue weighted by molar-refractivity contribution is 8.18. The van der Waals surface area contributed by atoms with Gasteiger partial charge in [-0.15, -0.1) is 0 Å². The van der Waals surface area contributed by atoms with E-state index in [1.165, 1.54) is 44.1 Å². The number of fused-ring (bicyclic) bond motifs is 1. The van der Waals surface area contributed by atoms with Crippen LogP contribution in [0.15, 0.2) is 45.9 Å². The summed E-state index contributed by atoms with van der Waals surface area (Å²) in [6.07, 6.45) is 11.6. The molecule has 0 spiro atoms. The maximum Gasteiger partial charge on any atom is 0.290 e. The minimum atomic E-state index is -0.347. The summed E-state index contributed by atoms with van der Waals surface area (Å²) in [6, 6.07) is 10.6. The second kappa shape index (κ2) is 7.32. The monoisotopic (exact) mass is 470 g/mol. The van der Waals surface area contributed by atoms with E-state index in [1.807, 2.05) is 19.1 Å². The Kier molecular flexibility index (Phi) is 4.41. The van der Waals surface area contributed by atoms with Gasteiger partial charge >= 0.3 is 0 Å². The lowest BCUT2D eigenvalue weighted by atomic mass is 9.48. The van der Waals surface area contributed by atoms with E-state index in [2.05, 4.69) is 23.5 Å². The molecule has 2 aromatic heterocycles. The van der Waals surface area contributed by atoms with Crippen LogP contribution in [0.25, 0.3) is 28.3 Å². The van der Waals surface area contributed by atoms with Crippen molar-refractivity contribution in [3.63, 3.8) is 0 Å². The molecule has 1 aliphatic heterocycles. The molecular weight excluding hydrogens is 444 g/mol. The Morgan fingerprint density at radius 2 is 1.79 bits per heavy atom. The number of pyridine rings is 1. The van der Waals surface area contributed by atoms with Crippen molar-refractivity contribution in [3.8, 4) is 11.3 Å². The fraction of sp³-hybridized carbons (Fsp3) is 0.393. The molecule has 4 saturated carbocycles. The summed E-state index contributed by atoms with van der Waals surface area (Å²) in [5.74, 6) is 3.20. The average molecular weight is 471 g/mol. The number of nitrogens with zero attached hydrogens (tertiary/aromatic N) is 1. The number of rotatable bonds is 3. The van der Waals surface area contributed by atoms with Crippen LogP contribution < -0.4 is 5.32 Å². The minimum Gasteiger partial charge on any atom is -0.461 e. The highest BCUT2D eigenvalue weighted by atomic mass is 32.2. The lowest BCUT2D eigenvalue weighted by molar-refractivity contribution is -0.115. The van der Waals surface area contributed by atoms with E-state index in [9.17, 15) is 9.59 Å². The molecule has 6 heteroatoms. The number of aromatic nitrogens is 1. The van der Waals surface area contributed by atoms with Gasteiger partial charge in [0.15, 0.2) is 0 Å². The number of thioether (sulfide) groups is 1. The Morgan fingerprint density at radius 1 is 1.06 bits per heavy atom. The summed E-state index contributed by atoms with van der Waals surface area (Å²) in [7, 11) is 0. The molecule has 172 valence electrons. The summed E-state index contributed by atoms with van der Waals surface area (Å²) >= 11 is 0.925. The molecule has 0 atom stereocenters. The number of amides is 2. The van der Waals surface area contributed by atoms with Crippen LogP contribution in [0, 0.1) is 24.7 Å². The molecule has 4 aliphatic carbocycles. The van der Waals surface area contributed by atoms with Crippen molar-refractivity contribution >= 4 is 40.0 Å². The molecule has 3 heterocycles. The zero-order chi connectivity index (χ0) is 23.0. The molecule has 5 fully saturated rings. The second-order valence-electron chi connectivity index (χ2n) is 10.8. The second-order valence-corrected chi connectivity index (χ2v) is 11.8. The quantitative estimate of drug-likeness (QED) is 0.437. The van der Waals surface area contributed by atoms with E-state index in [1.54, 1.807) is 12.3 Å². The van der Waals surface area contributed by atoms with Gasteiger partial charge in [-0.3, -0.25) is 19.9 Å². The summed E-state index contributed by atoms with van der Waals surface area (Å²) in [4.78, 5) is 28.4. The first-order valence-corrected chi connectivity index (χ1v) is 13.0. The number of nitrogens with one attached hydrogen (secondary N) is 1. The van der Waals surface area contributed by atoms with Crippen LogP contribution in [0.3, 0.4) is 0 Å². The first-order valence-electron chi connectivity index (χ1n) is 12.2. The van der Waals surface area contributed by atoms with Crippen LogP contribution in [0.4, 0.5) is 4.79 Å². The molecule has 8 rings (SSSR count). The van der Waals surface area contributed by atoms with Gasteiger partial charge in [-0.1, -0.05) is 6.07 Å². The number of aryl methyl sites for hydroxylation is 1. The summed E-state index contributed by atoms with van der Waals surface area (Å²) < 4.78 is 6.30. The molecule has 2 amide bonds. The Hall–Kier alpha value is -2.86. The zero-order valence-corrected chi connectivity index (χ0v) is 19.9. The number of hydrogen-bond acceptors (Lipinski definition) is 5. The third-order valence-electron chi connectivity index (χ3n) is 8.37. The lowest BCUT2D eigenvalue weighted by Crippen LogP contribution is -2.48. The van der Waals surface area contributed by atoms with Crippen molar-refractivity contribution in [2.75, 3.05) is 0 Å². The number of furan rings is 1. The van der Waals surface area contributed by atoms with Crippen LogP contribution in [0.1, 0.15) is 55.4 Å². The van der Waals surface area contributed by atoms with Crippen LogP contribution in [-0.2, 0) is 10.2 Å². The number of imide groups is 1. The first kappa shape index (κ1) is 20.5. The highest BCUT2D eigenvalue weighted by Gasteiger charge is 2.52. The van der Waals surface area contributed by atoms with Gasteiger partial charge in [0, 0.05) is 22.7 Å². The largest absolute Gasteiger partial charge is 0.461 e. The van der Waals surface area contributed by atoms with E-state index in [0.717, 1.165) is 63.1 Å². The number of hydrogen-bond donors (Lipinski definition) is 1. The number of carbonyl (C=O) groups is 2. The summed E-state index contributed by atoms with van der Waals surface area (Å²) in [6.45, 7) is 2.03. The maximum atomic E-state index is 11.9. The van der Waals surface area contributed by atoms with Gasteiger partial charge in [-0.2, -0.15) is 0 Å². The Labute approximate surface area is 202 Å². The Balaban J connectivity index is 1.29. The summed E-state index contributed by atoms with van der Waals surface area (Å²) in [5.41, 5.74) is 5.51. The minimum absolute atomic E-state index is 0.233. The van der Waals surface area contributed by atoms with Gasteiger partial charge < -0.3 is 4.42 Å². The Morgan fingerprint density at radius 3 is 2.41 bits per heavy atom. The van der Waals surface area contributed by atoms with Crippen molar-refractivity contribution < 1.29 is 14.0 Å². The fourth-order valence-corrected chi connectivity index (χ4v) is 8.18. The Bertz CT molecular complexity index is 1350. The van der Waals surface area contributed by atoms with Crippen molar-refractivity contribution in [2.24, 2.45) is 17.8 Å². The molecule has 5 aliphatic rings. The molecule has 5 nitrogen and oxygen atoms in total. The average Bonchev–Trinajstić information content (AvgIpc) is 3.32. The summed E-state index contributed by atoms with van der Waals surface area (Å²) in [5, 5.41) is 3.12. The normalized spacial score (nSPS) is 31.1. The van der Waals surface area contributed by atoms with Crippen LogP contribution in [-0.4, -0.2) is 16.1 Å². The highest BCUT2D eigenvalue weighted by Crippen LogP contribution is 2.61. The standard InChI is InChI=1S/C28H26N2O3S/c1-15-4-21-9-20(23-3-2-16(14-29-23)8-24-26(31)30-27(32)34-24)10-22(25(21)33-15)28-11-17-5-18(12-28)7-19(6-17)13-28/h2-4,8-10,14,17-19H,5-7,11-13H2,1H3,(H,30,31,32)/b24-8+. The van der Waals surface area contributed by atoms with Crippen LogP contribution in [0.2, 0.25) is 0 Å². The lowest BCUT2D eigenvalue weighted by Gasteiger charge is -2.57. The molecule has 0 unspecified atom stereocenters. The van der Waals surface area contributed by atoms with Crippen LogP contribution >= 0.6 is 11.8 Å². The molecule has 34 heavy (non-hydrogen) atoms. The third-order valence-corrected chi connectivity index (χ3v) is 9.18. The van der Waals surface area contributed by atoms with Crippen molar-refractivity contribution in [1.29, 1.82) is 0 Å². The predicted octanol–water partition coefficient (Wildman–Crippen LogP) is 6.59. The van der Waals surface area contributed by atoms with Gasteiger partial charge in [0.05, 0.1) is 10.6 Å². The van der Waals surface area contributed by atoms with Crippen molar-refractivity contribution in [2.45, 2.75) is 50.9 Å². The van der Waals surface area contributed by atoms with Crippen LogP contribution in [0.5, 0.6) is 0 Å².